The third-order valence-electron chi connectivity index (χ3n) is 4.91. The zero-order chi connectivity index (χ0) is 20.8. The van der Waals surface area contributed by atoms with Gasteiger partial charge in [-0.05, 0) is 34.4 Å². The molecular formula is C22H31N3O3. The van der Waals surface area contributed by atoms with Crippen molar-refractivity contribution in [2.75, 3.05) is 40.3 Å². The number of hydrogen-bond donors (Lipinski definition) is 0. The summed E-state index contributed by atoms with van der Waals surface area (Å²) in [5, 5.41) is 0. The quantitative estimate of drug-likeness (QED) is 0.654. The van der Waals surface area contributed by atoms with Gasteiger partial charge < -0.3 is 14.7 Å². The van der Waals surface area contributed by atoms with Crippen LogP contribution >= 0.6 is 0 Å². The SMILES string of the molecule is CCCCN(C(=O)CN(C)C)C1=C(N(CC)CC)C(=O)c2ccccc2C1=O. The van der Waals surface area contributed by atoms with Crippen LogP contribution in [0.3, 0.4) is 0 Å². The van der Waals surface area contributed by atoms with Crippen LogP contribution in [-0.4, -0.2) is 72.4 Å². The minimum atomic E-state index is -0.250. The molecule has 152 valence electrons. The summed E-state index contributed by atoms with van der Waals surface area (Å²) in [6, 6.07) is 6.87. The van der Waals surface area contributed by atoms with Gasteiger partial charge in [0.05, 0.1) is 6.54 Å². The normalized spacial score (nSPS) is 13.8. The van der Waals surface area contributed by atoms with E-state index in [4.69, 9.17) is 0 Å². The van der Waals surface area contributed by atoms with Gasteiger partial charge in [-0.25, -0.2) is 0 Å². The summed E-state index contributed by atoms with van der Waals surface area (Å²) in [5.74, 6) is -0.605. The monoisotopic (exact) mass is 385 g/mol. The Morgan fingerprint density at radius 1 is 0.893 bits per heavy atom. The lowest BCUT2D eigenvalue weighted by Gasteiger charge is -2.35. The Balaban J connectivity index is 2.68. The number of fused-ring (bicyclic) bond motifs is 1. The molecule has 0 aromatic heterocycles. The molecule has 1 amide bonds. The van der Waals surface area contributed by atoms with E-state index in [9.17, 15) is 14.4 Å². The first kappa shape index (κ1) is 21.8. The summed E-state index contributed by atoms with van der Waals surface area (Å²) >= 11 is 0. The largest absolute Gasteiger partial charge is 0.367 e. The topological polar surface area (TPSA) is 60.9 Å². The van der Waals surface area contributed by atoms with Gasteiger partial charge in [0.2, 0.25) is 17.5 Å². The van der Waals surface area contributed by atoms with Gasteiger partial charge in [0.1, 0.15) is 11.4 Å². The van der Waals surface area contributed by atoms with E-state index in [1.165, 1.54) is 4.90 Å². The number of allylic oxidation sites excluding steroid dienone is 2. The molecular weight excluding hydrogens is 354 g/mol. The second-order valence-electron chi connectivity index (χ2n) is 7.21. The fraction of sp³-hybridized carbons (Fsp3) is 0.500. The number of amides is 1. The van der Waals surface area contributed by atoms with E-state index in [2.05, 4.69) is 0 Å². The lowest BCUT2D eigenvalue weighted by Crippen LogP contribution is -2.45. The Labute approximate surface area is 167 Å². The second-order valence-corrected chi connectivity index (χ2v) is 7.21. The summed E-state index contributed by atoms with van der Waals surface area (Å²) in [7, 11) is 3.64. The van der Waals surface area contributed by atoms with Crippen LogP contribution in [0.15, 0.2) is 35.7 Å². The minimum Gasteiger partial charge on any atom is -0.367 e. The number of carbonyl (C=O) groups excluding carboxylic acids is 3. The molecule has 0 saturated heterocycles. The third kappa shape index (κ3) is 4.33. The number of rotatable bonds is 9. The van der Waals surface area contributed by atoms with E-state index < -0.39 is 0 Å². The number of unbranched alkanes of at least 4 members (excludes halogenated alkanes) is 1. The van der Waals surface area contributed by atoms with E-state index in [-0.39, 0.29) is 29.7 Å². The van der Waals surface area contributed by atoms with Crippen LogP contribution in [0.2, 0.25) is 0 Å². The molecule has 0 radical (unpaired) electrons. The van der Waals surface area contributed by atoms with Crippen molar-refractivity contribution in [1.82, 2.24) is 14.7 Å². The van der Waals surface area contributed by atoms with E-state index in [0.29, 0.717) is 36.5 Å². The highest BCUT2D eigenvalue weighted by Gasteiger charge is 2.38. The van der Waals surface area contributed by atoms with E-state index in [1.54, 1.807) is 29.2 Å². The number of hydrogen-bond acceptors (Lipinski definition) is 5. The zero-order valence-electron chi connectivity index (χ0n) is 17.6. The number of benzene rings is 1. The standard InChI is InChI=1S/C22H31N3O3/c1-6-9-14-25(18(26)15-23(4)5)20-19(24(7-2)8-3)21(27)16-12-10-11-13-17(16)22(20)28/h10-13H,6-9,14-15H2,1-5H3. The van der Waals surface area contributed by atoms with Crippen LogP contribution in [0, 0.1) is 0 Å². The maximum absolute atomic E-state index is 13.5. The van der Waals surface area contributed by atoms with Gasteiger partial charge in [0.15, 0.2) is 0 Å². The van der Waals surface area contributed by atoms with Crippen LogP contribution in [0.25, 0.3) is 0 Å². The molecule has 1 aromatic carbocycles. The molecule has 0 unspecified atom stereocenters. The average Bonchev–Trinajstić information content (AvgIpc) is 2.67. The molecule has 0 spiro atoms. The second kappa shape index (κ2) is 9.64. The number of Topliss-reactive ketones (excluding diaryl/α,β-unsaturated/α-hetero) is 2. The summed E-state index contributed by atoms with van der Waals surface area (Å²) in [6.45, 7) is 7.71. The molecule has 2 rings (SSSR count). The van der Waals surface area contributed by atoms with Gasteiger partial charge in [-0.15, -0.1) is 0 Å². The molecule has 1 aromatic rings. The average molecular weight is 386 g/mol. The summed E-state index contributed by atoms with van der Waals surface area (Å²) in [6.07, 6.45) is 1.65. The van der Waals surface area contributed by atoms with Crippen LogP contribution in [0.1, 0.15) is 54.3 Å². The molecule has 0 saturated carbocycles. The molecule has 0 fully saturated rings. The molecule has 0 N–H and O–H groups in total. The van der Waals surface area contributed by atoms with Crippen molar-refractivity contribution in [1.29, 1.82) is 0 Å². The predicted octanol–water partition coefficient (Wildman–Crippen LogP) is 2.81. The maximum atomic E-state index is 13.5. The van der Waals surface area contributed by atoms with Crippen LogP contribution in [0.4, 0.5) is 0 Å². The fourth-order valence-corrected chi connectivity index (χ4v) is 3.47. The van der Waals surface area contributed by atoms with Crippen LogP contribution in [-0.2, 0) is 4.79 Å². The molecule has 0 atom stereocenters. The highest BCUT2D eigenvalue weighted by atomic mass is 16.2. The molecule has 6 nitrogen and oxygen atoms in total. The Hall–Kier alpha value is -2.47. The van der Waals surface area contributed by atoms with E-state index in [1.807, 2.05) is 39.8 Å². The van der Waals surface area contributed by atoms with Crippen LogP contribution in [0.5, 0.6) is 0 Å². The highest BCUT2D eigenvalue weighted by molar-refractivity contribution is 6.27. The van der Waals surface area contributed by atoms with Crippen LogP contribution < -0.4 is 0 Å². The van der Waals surface area contributed by atoms with E-state index in [0.717, 1.165) is 12.8 Å². The Bertz CT molecular complexity index is 779. The smallest absolute Gasteiger partial charge is 0.241 e. The first-order valence-corrected chi connectivity index (χ1v) is 9.99. The van der Waals surface area contributed by atoms with Gasteiger partial charge in [0.25, 0.3) is 0 Å². The van der Waals surface area contributed by atoms with Crippen molar-refractivity contribution < 1.29 is 14.4 Å². The fourth-order valence-electron chi connectivity index (χ4n) is 3.47. The maximum Gasteiger partial charge on any atom is 0.241 e. The predicted molar refractivity (Wildman–Crippen MR) is 110 cm³/mol. The van der Waals surface area contributed by atoms with Crippen molar-refractivity contribution in [2.45, 2.75) is 33.6 Å². The first-order chi connectivity index (χ1) is 13.4. The van der Waals surface area contributed by atoms with E-state index >= 15 is 0 Å². The molecule has 28 heavy (non-hydrogen) atoms. The minimum absolute atomic E-state index is 0.168. The number of carbonyl (C=O) groups is 3. The summed E-state index contributed by atoms with van der Waals surface area (Å²) in [5.41, 5.74) is 1.36. The van der Waals surface area contributed by atoms with Crippen molar-refractivity contribution in [3.05, 3.63) is 46.8 Å². The van der Waals surface area contributed by atoms with Gasteiger partial charge in [0, 0.05) is 30.8 Å². The lowest BCUT2D eigenvalue weighted by atomic mass is 9.88. The molecule has 1 aliphatic carbocycles. The Kier molecular flexibility index (Phi) is 7.52. The molecule has 1 aliphatic rings. The van der Waals surface area contributed by atoms with Crippen molar-refractivity contribution in [3.8, 4) is 0 Å². The van der Waals surface area contributed by atoms with Gasteiger partial charge in [-0.3, -0.25) is 14.4 Å². The Morgan fingerprint density at radius 2 is 1.43 bits per heavy atom. The third-order valence-corrected chi connectivity index (χ3v) is 4.91. The summed E-state index contributed by atoms with van der Waals surface area (Å²) < 4.78 is 0. The molecule has 0 aliphatic heterocycles. The summed E-state index contributed by atoms with van der Waals surface area (Å²) in [4.78, 5) is 45.0. The van der Waals surface area contributed by atoms with Gasteiger partial charge >= 0.3 is 0 Å². The first-order valence-electron chi connectivity index (χ1n) is 9.99. The van der Waals surface area contributed by atoms with Crippen molar-refractivity contribution >= 4 is 17.5 Å². The van der Waals surface area contributed by atoms with Gasteiger partial charge in [-0.2, -0.15) is 0 Å². The lowest BCUT2D eigenvalue weighted by molar-refractivity contribution is -0.129. The Morgan fingerprint density at radius 3 is 1.89 bits per heavy atom. The zero-order valence-corrected chi connectivity index (χ0v) is 17.6. The van der Waals surface area contributed by atoms with Crippen molar-refractivity contribution in [2.24, 2.45) is 0 Å². The van der Waals surface area contributed by atoms with Gasteiger partial charge in [-0.1, -0.05) is 37.6 Å². The number of ketones is 2. The molecule has 0 bridgehead atoms. The molecule has 6 heteroatoms. The highest BCUT2D eigenvalue weighted by Crippen LogP contribution is 2.30. The number of nitrogens with zero attached hydrogens (tertiary/aromatic N) is 3. The van der Waals surface area contributed by atoms with Crippen molar-refractivity contribution in [3.63, 3.8) is 0 Å². The number of likely N-dealkylation sites (N-methyl/N-ethyl adjacent to an activating group) is 2. The molecule has 0 heterocycles.